The monoisotopic (exact) mass is 952 g/mol. The highest BCUT2D eigenvalue weighted by molar-refractivity contribution is 6.98. The summed E-state index contributed by atoms with van der Waals surface area (Å²) in [6, 6.07) is 59.9. The molecule has 1 aliphatic heterocycles. The molecule has 8 aromatic carbocycles. The molecular weight excluding hydrogens is 878 g/mol. The lowest BCUT2D eigenvalue weighted by Gasteiger charge is -2.33. The molecule has 0 amide bonds. The van der Waals surface area contributed by atoms with E-state index in [1.807, 2.05) is 0 Å². The first kappa shape index (κ1) is 47.6. The topological polar surface area (TPSA) is 4.93 Å². The van der Waals surface area contributed by atoms with E-state index in [1.165, 1.54) is 206 Å². The molecule has 0 saturated heterocycles. The highest BCUT2D eigenvalue weighted by atomic mass is 15.0. The SMILES string of the molecule is CCCCCCCCC1(CCCCCCCC)c2ccccc2-c2ccc(-c3ccc4c(c3)C(C)(C)c3cc(-c5ccc6c(c5)B(c5c(C)cc(C)cc5C)c5cccc7c8ccccc8n-6c57)ccc3-4)cc21. The molecule has 0 spiro atoms. The van der Waals surface area contributed by atoms with Gasteiger partial charge in [-0.05, 0) is 142 Å². The fourth-order valence-electron chi connectivity index (χ4n) is 14.6. The quantitative estimate of drug-likeness (QED) is 0.0633. The van der Waals surface area contributed by atoms with E-state index in [0.29, 0.717) is 0 Å². The summed E-state index contributed by atoms with van der Waals surface area (Å²) < 4.78 is 2.56. The molecule has 0 N–H and O–H groups in total. The second-order valence-corrected chi connectivity index (χ2v) is 23.2. The van der Waals surface area contributed by atoms with Gasteiger partial charge in [0, 0.05) is 32.8 Å². The summed E-state index contributed by atoms with van der Waals surface area (Å²) in [5.74, 6) is 0. The number of rotatable bonds is 17. The van der Waals surface area contributed by atoms with E-state index in [-0.39, 0.29) is 17.5 Å². The summed E-state index contributed by atoms with van der Waals surface area (Å²) in [4.78, 5) is 0. The molecule has 0 saturated carbocycles. The highest BCUT2D eigenvalue weighted by Gasteiger charge is 2.43. The Labute approximate surface area is 437 Å². The molecule has 1 nitrogen and oxygen atoms in total. The first-order valence-electron chi connectivity index (χ1n) is 28.4. The summed E-state index contributed by atoms with van der Waals surface area (Å²) in [6.45, 7) is 16.6. The zero-order valence-corrected chi connectivity index (χ0v) is 44.9. The Morgan fingerprint density at radius 2 is 0.932 bits per heavy atom. The Hall–Kier alpha value is -6.38. The molecule has 2 aliphatic carbocycles. The summed E-state index contributed by atoms with van der Waals surface area (Å²) in [7, 11) is 0. The van der Waals surface area contributed by atoms with E-state index in [1.54, 1.807) is 11.1 Å². The van der Waals surface area contributed by atoms with Gasteiger partial charge in [-0.15, -0.1) is 0 Å². The number of fused-ring (bicyclic) bond motifs is 11. The molecular formula is C71H74BN. The van der Waals surface area contributed by atoms with Crippen LogP contribution >= 0.6 is 0 Å². The average molecular weight is 952 g/mol. The van der Waals surface area contributed by atoms with Crippen LogP contribution in [0.5, 0.6) is 0 Å². The van der Waals surface area contributed by atoms with Gasteiger partial charge in [0.15, 0.2) is 0 Å². The standard InChI is InChI=1S/C71H74BN/c1-8-10-12-14-16-22-39-71(40-23-17-15-13-11-9-2)60-28-20-18-25-54(60)57-37-33-52(45-63(57)71)50-31-35-55-56-36-32-51(44-62(56)70(6,7)61(55)43-50)53-34-38-67-65(46-53)72(68-48(4)41-47(3)42-49(68)5)64-29-24-27-59-58-26-19-21-30-66(58)73(67)69(59)64/h18-21,24-38,41-46H,8-17,22-23,39-40H2,1-7H3. The van der Waals surface area contributed by atoms with Crippen LogP contribution < -0.4 is 16.4 Å². The van der Waals surface area contributed by atoms with E-state index in [2.05, 4.69) is 205 Å². The van der Waals surface area contributed by atoms with Crippen LogP contribution in [0, 0.1) is 20.8 Å². The minimum absolute atomic E-state index is 0.0693. The van der Waals surface area contributed by atoms with Gasteiger partial charge in [-0.3, -0.25) is 0 Å². The van der Waals surface area contributed by atoms with Crippen LogP contribution in [0.4, 0.5) is 0 Å². The fraction of sp³-hybridized carbons (Fsp3) is 0.324. The normalized spacial score (nSPS) is 14.4. The molecule has 0 atom stereocenters. The first-order valence-corrected chi connectivity index (χ1v) is 28.4. The van der Waals surface area contributed by atoms with Crippen LogP contribution in [-0.2, 0) is 10.8 Å². The van der Waals surface area contributed by atoms with Gasteiger partial charge >= 0.3 is 0 Å². The third-order valence-corrected chi connectivity index (χ3v) is 18.2. The minimum atomic E-state index is -0.162. The lowest BCUT2D eigenvalue weighted by molar-refractivity contribution is 0.398. The van der Waals surface area contributed by atoms with E-state index in [0.717, 1.165) is 0 Å². The van der Waals surface area contributed by atoms with Crippen molar-refractivity contribution < 1.29 is 0 Å². The van der Waals surface area contributed by atoms with Crippen molar-refractivity contribution in [1.82, 2.24) is 4.57 Å². The van der Waals surface area contributed by atoms with Gasteiger partial charge in [0.05, 0.1) is 5.52 Å². The molecule has 0 bridgehead atoms. The number of nitrogens with zero attached hydrogens (tertiary/aromatic N) is 1. The lowest BCUT2D eigenvalue weighted by atomic mass is 9.34. The summed E-state index contributed by atoms with van der Waals surface area (Å²) in [5.41, 5.74) is 29.0. The van der Waals surface area contributed by atoms with Crippen LogP contribution in [0.15, 0.2) is 152 Å². The summed E-state index contributed by atoms with van der Waals surface area (Å²) in [5, 5.41) is 2.65. The van der Waals surface area contributed by atoms with Crippen LogP contribution in [0.2, 0.25) is 0 Å². The zero-order chi connectivity index (χ0) is 50.0. The maximum Gasteiger partial charge on any atom is 0.247 e. The van der Waals surface area contributed by atoms with Gasteiger partial charge in [-0.25, -0.2) is 0 Å². The molecule has 3 aliphatic rings. The first-order chi connectivity index (χ1) is 35.6. The predicted octanol–water partition coefficient (Wildman–Crippen LogP) is 17.9. The van der Waals surface area contributed by atoms with Crippen molar-refractivity contribution >= 4 is 44.9 Å². The molecule has 1 aromatic heterocycles. The molecule has 2 heteroatoms. The van der Waals surface area contributed by atoms with Gasteiger partial charge < -0.3 is 4.57 Å². The average Bonchev–Trinajstić information content (AvgIpc) is 3.98. The van der Waals surface area contributed by atoms with Gasteiger partial charge in [0.1, 0.15) is 0 Å². The highest BCUT2D eigenvalue weighted by Crippen LogP contribution is 2.56. The molecule has 0 fully saturated rings. The number of unbranched alkanes of at least 4 members (excludes halogenated alkanes) is 10. The van der Waals surface area contributed by atoms with Crippen molar-refractivity contribution in [2.75, 3.05) is 0 Å². The smallest absolute Gasteiger partial charge is 0.247 e. The van der Waals surface area contributed by atoms with Crippen molar-refractivity contribution in [2.45, 2.75) is 149 Å². The van der Waals surface area contributed by atoms with E-state index in [4.69, 9.17) is 0 Å². The number of hydrogen-bond acceptors (Lipinski definition) is 0. The lowest BCUT2D eigenvalue weighted by Crippen LogP contribution is -2.57. The second kappa shape index (κ2) is 19.2. The summed E-state index contributed by atoms with van der Waals surface area (Å²) >= 11 is 0. The minimum Gasteiger partial charge on any atom is -0.310 e. The van der Waals surface area contributed by atoms with Crippen molar-refractivity contribution in [2.24, 2.45) is 0 Å². The van der Waals surface area contributed by atoms with E-state index >= 15 is 0 Å². The van der Waals surface area contributed by atoms with Crippen molar-refractivity contribution in [1.29, 1.82) is 0 Å². The van der Waals surface area contributed by atoms with Crippen LogP contribution in [0.1, 0.15) is 157 Å². The third kappa shape index (κ3) is 7.88. The number of hydrogen-bond donors (Lipinski definition) is 0. The Morgan fingerprint density at radius 1 is 0.425 bits per heavy atom. The largest absolute Gasteiger partial charge is 0.310 e. The van der Waals surface area contributed by atoms with Gasteiger partial charge in [-0.1, -0.05) is 248 Å². The van der Waals surface area contributed by atoms with E-state index in [9.17, 15) is 0 Å². The molecule has 366 valence electrons. The number of aromatic nitrogens is 1. The van der Waals surface area contributed by atoms with Crippen molar-refractivity contribution in [3.05, 3.63) is 191 Å². The maximum absolute atomic E-state index is 2.64. The second-order valence-electron chi connectivity index (χ2n) is 23.2. The zero-order valence-electron chi connectivity index (χ0n) is 44.9. The Kier molecular flexibility index (Phi) is 12.5. The van der Waals surface area contributed by atoms with Gasteiger partial charge in [0.25, 0.3) is 0 Å². The fourth-order valence-corrected chi connectivity index (χ4v) is 14.6. The Morgan fingerprint density at radius 3 is 1.58 bits per heavy atom. The number of benzene rings is 8. The number of para-hydroxylation sites is 2. The molecule has 2 heterocycles. The molecule has 12 rings (SSSR count). The van der Waals surface area contributed by atoms with Crippen LogP contribution in [0.3, 0.4) is 0 Å². The van der Waals surface area contributed by atoms with Crippen LogP contribution in [-0.4, -0.2) is 11.3 Å². The molecule has 0 unspecified atom stereocenters. The molecule has 0 radical (unpaired) electrons. The van der Waals surface area contributed by atoms with Gasteiger partial charge in [0.2, 0.25) is 6.71 Å². The molecule has 9 aromatic rings. The summed E-state index contributed by atoms with van der Waals surface area (Å²) in [6.07, 6.45) is 18.5. The predicted molar refractivity (Wildman–Crippen MR) is 317 cm³/mol. The number of aryl methyl sites for hydroxylation is 3. The van der Waals surface area contributed by atoms with Crippen molar-refractivity contribution in [3.8, 4) is 50.2 Å². The molecule has 73 heavy (non-hydrogen) atoms. The maximum atomic E-state index is 2.64. The van der Waals surface area contributed by atoms with Gasteiger partial charge in [-0.2, -0.15) is 0 Å². The van der Waals surface area contributed by atoms with Crippen molar-refractivity contribution in [3.63, 3.8) is 0 Å². The third-order valence-electron chi connectivity index (χ3n) is 18.2. The Balaban J connectivity index is 0.909. The van der Waals surface area contributed by atoms with Crippen LogP contribution in [0.25, 0.3) is 72.0 Å². The van der Waals surface area contributed by atoms with E-state index < -0.39 is 0 Å². The Bertz CT molecular complexity index is 3540.